The van der Waals surface area contributed by atoms with Crippen molar-refractivity contribution in [3.63, 3.8) is 0 Å². The van der Waals surface area contributed by atoms with Crippen LogP contribution in [-0.2, 0) is 6.18 Å². The third-order valence-corrected chi connectivity index (χ3v) is 7.06. The van der Waals surface area contributed by atoms with E-state index in [1.165, 1.54) is 24.4 Å². The van der Waals surface area contributed by atoms with Crippen LogP contribution < -0.4 is 19.6 Å². The Labute approximate surface area is 266 Å². The van der Waals surface area contributed by atoms with Crippen LogP contribution in [-0.4, -0.2) is 36.3 Å². The molecule has 46 heavy (non-hydrogen) atoms. The van der Waals surface area contributed by atoms with E-state index in [-0.39, 0.29) is 29.4 Å². The van der Waals surface area contributed by atoms with Crippen LogP contribution >= 0.6 is 11.6 Å². The average molecular weight is 650 g/mol. The smallest absolute Gasteiger partial charge is 0.416 e. The number of amides is 1. The predicted octanol–water partition coefficient (Wildman–Crippen LogP) is 8.29. The van der Waals surface area contributed by atoms with Crippen molar-refractivity contribution >= 4 is 40.6 Å². The number of H-pyrrole nitrogens is 1. The number of halogens is 4. The second kappa shape index (κ2) is 13.8. The Morgan fingerprint density at radius 3 is 2.43 bits per heavy atom. The van der Waals surface area contributed by atoms with Gasteiger partial charge in [-0.25, -0.2) is 10.2 Å². The van der Waals surface area contributed by atoms with Gasteiger partial charge in [0.15, 0.2) is 11.5 Å². The van der Waals surface area contributed by atoms with E-state index < -0.39 is 23.6 Å². The van der Waals surface area contributed by atoms with E-state index in [4.69, 9.17) is 25.8 Å². The van der Waals surface area contributed by atoms with Crippen molar-refractivity contribution in [3.8, 4) is 28.4 Å². The van der Waals surface area contributed by atoms with E-state index in [1.54, 1.807) is 31.2 Å². The lowest BCUT2D eigenvalue weighted by atomic mass is 10.0. The number of carbonyl (C=O) groups is 2. The Bertz CT molecular complexity index is 1940. The minimum absolute atomic E-state index is 0.000624. The molecule has 8 nitrogen and oxygen atoms in total. The molecule has 0 aliphatic rings. The largest absolute Gasteiger partial charge is 0.494 e. The predicted molar refractivity (Wildman–Crippen MR) is 169 cm³/mol. The van der Waals surface area contributed by atoms with Gasteiger partial charge in [0.1, 0.15) is 11.4 Å². The van der Waals surface area contributed by atoms with Crippen molar-refractivity contribution in [2.24, 2.45) is 5.10 Å². The summed E-state index contributed by atoms with van der Waals surface area (Å²) in [6.45, 7) is 4.28. The molecular weight excluding hydrogens is 623 g/mol. The summed E-state index contributed by atoms with van der Waals surface area (Å²) in [5.74, 6) is -0.723. The summed E-state index contributed by atoms with van der Waals surface area (Å²) in [5.41, 5.74) is 3.93. The molecule has 0 saturated heterocycles. The molecule has 1 heterocycles. The first-order chi connectivity index (χ1) is 22.1. The van der Waals surface area contributed by atoms with Gasteiger partial charge in [0, 0.05) is 27.1 Å². The van der Waals surface area contributed by atoms with E-state index in [1.807, 2.05) is 31.2 Å². The number of aromatic amines is 1. The van der Waals surface area contributed by atoms with Crippen LogP contribution in [0.5, 0.6) is 17.2 Å². The van der Waals surface area contributed by atoms with Crippen molar-refractivity contribution in [1.29, 1.82) is 0 Å². The van der Waals surface area contributed by atoms with Gasteiger partial charge in [0.2, 0.25) is 0 Å². The fourth-order valence-corrected chi connectivity index (χ4v) is 4.93. The Kier molecular flexibility index (Phi) is 9.62. The third kappa shape index (κ3) is 7.16. The van der Waals surface area contributed by atoms with Gasteiger partial charge in [-0.1, -0.05) is 35.9 Å². The molecule has 4 aromatic carbocycles. The Morgan fingerprint density at radius 2 is 1.70 bits per heavy atom. The molecule has 1 amide bonds. The summed E-state index contributed by atoms with van der Waals surface area (Å²) in [5, 5.41) is 5.29. The van der Waals surface area contributed by atoms with E-state index in [2.05, 4.69) is 15.5 Å². The number of carbonyl (C=O) groups excluding carboxylic acids is 2. The van der Waals surface area contributed by atoms with Gasteiger partial charge in [-0.15, -0.1) is 0 Å². The molecule has 12 heteroatoms. The highest BCUT2D eigenvalue weighted by molar-refractivity contribution is 6.34. The van der Waals surface area contributed by atoms with Crippen LogP contribution in [0, 0.1) is 0 Å². The van der Waals surface area contributed by atoms with Crippen molar-refractivity contribution in [1.82, 2.24) is 10.4 Å². The van der Waals surface area contributed by atoms with Gasteiger partial charge in [0.25, 0.3) is 5.91 Å². The Balaban J connectivity index is 1.37. The first kappa shape index (κ1) is 32.1. The zero-order chi connectivity index (χ0) is 32.8. The van der Waals surface area contributed by atoms with E-state index in [9.17, 15) is 22.8 Å². The first-order valence-electron chi connectivity index (χ1n) is 14.1. The SMILES string of the molecule is CCOc1ccc2[nH]c(C(=O)NN=Cc3ccc(OC(=O)c4cccc(C(F)(F)F)c4)c(OCC)c3)c(-c3ccccc3Cl)c2c1. The topological polar surface area (TPSA) is 102 Å². The number of alkyl halides is 3. The highest BCUT2D eigenvalue weighted by Gasteiger charge is 2.31. The van der Waals surface area contributed by atoms with Crippen LogP contribution in [0.4, 0.5) is 13.2 Å². The number of hydrazone groups is 1. The molecule has 236 valence electrons. The van der Waals surface area contributed by atoms with Crippen molar-refractivity contribution in [2.75, 3.05) is 13.2 Å². The second-order valence-corrected chi connectivity index (χ2v) is 10.2. The number of benzene rings is 4. The summed E-state index contributed by atoms with van der Waals surface area (Å²) in [4.78, 5) is 29.2. The molecule has 0 aliphatic carbocycles. The minimum atomic E-state index is -4.61. The molecule has 0 saturated carbocycles. The summed E-state index contributed by atoms with van der Waals surface area (Å²) in [7, 11) is 0. The Hall–Kier alpha value is -5.29. The minimum Gasteiger partial charge on any atom is -0.494 e. The maximum absolute atomic E-state index is 13.4. The number of nitrogens with zero attached hydrogens (tertiary/aromatic N) is 1. The van der Waals surface area contributed by atoms with Crippen molar-refractivity contribution in [2.45, 2.75) is 20.0 Å². The number of ether oxygens (including phenoxy) is 3. The van der Waals surface area contributed by atoms with Crippen LogP contribution in [0.15, 0.2) is 90.0 Å². The fourth-order valence-electron chi connectivity index (χ4n) is 4.70. The van der Waals surface area contributed by atoms with Gasteiger partial charge in [-0.3, -0.25) is 4.79 Å². The molecule has 2 N–H and O–H groups in total. The number of hydrogen-bond acceptors (Lipinski definition) is 6. The molecule has 1 aromatic heterocycles. The molecular formula is C34H27ClF3N3O5. The zero-order valence-electron chi connectivity index (χ0n) is 24.6. The molecule has 0 radical (unpaired) electrons. The quantitative estimate of drug-likeness (QED) is 0.0686. The Morgan fingerprint density at radius 1 is 0.913 bits per heavy atom. The molecule has 0 aliphatic heterocycles. The highest BCUT2D eigenvalue weighted by Crippen LogP contribution is 2.38. The van der Waals surface area contributed by atoms with Crippen LogP contribution in [0.1, 0.15) is 45.8 Å². The summed E-state index contributed by atoms with van der Waals surface area (Å²) in [6.07, 6.45) is -3.25. The van der Waals surface area contributed by atoms with E-state index in [0.29, 0.717) is 45.7 Å². The fraction of sp³-hybridized carbons (Fsp3) is 0.147. The number of rotatable bonds is 10. The molecule has 0 unspecified atom stereocenters. The zero-order valence-corrected chi connectivity index (χ0v) is 25.3. The lowest BCUT2D eigenvalue weighted by molar-refractivity contribution is -0.137. The van der Waals surface area contributed by atoms with E-state index >= 15 is 0 Å². The monoisotopic (exact) mass is 649 g/mol. The van der Waals surface area contributed by atoms with Gasteiger partial charge >= 0.3 is 12.1 Å². The molecule has 0 bridgehead atoms. The summed E-state index contributed by atoms with van der Waals surface area (Å²) < 4.78 is 55.9. The lowest BCUT2D eigenvalue weighted by Gasteiger charge is -2.12. The molecule has 0 atom stereocenters. The lowest BCUT2D eigenvalue weighted by Crippen LogP contribution is -2.19. The number of nitrogens with one attached hydrogen (secondary N) is 2. The molecule has 5 aromatic rings. The van der Waals surface area contributed by atoms with Gasteiger partial charge < -0.3 is 19.2 Å². The number of aromatic nitrogens is 1. The molecule has 0 fully saturated rings. The average Bonchev–Trinajstić information content (AvgIpc) is 3.41. The maximum atomic E-state index is 13.4. The van der Waals surface area contributed by atoms with Crippen LogP contribution in [0.25, 0.3) is 22.0 Å². The van der Waals surface area contributed by atoms with Crippen molar-refractivity contribution < 1.29 is 37.0 Å². The third-order valence-electron chi connectivity index (χ3n) is 6.73. The van der Waals surface area contributed by atoms with Crippen LogP contribution in [0.3, 0.4) is 0 Å². The molecule has 5 rings (SSSR count). The van der Waals surface area contributed by atoms with Crippen LogP contribution in [0.2, 0.25) is 5.02 Å². The normalized spacial score (nSPS) is 11.5. The first-order valence-corrected chi connectivity index (χ1v) is 14.5. The van der Waals surface area contributed by atoms with Gasteiger partial charge in [-0.05, 0) is 80.1 Å². The second-order valence-electron chi connectivity index (χ2n) is 9.80. The van der Waals surface area contributed by atoms with Gasteiger partial charge in [-0.2, -0.15) is 18.3 Å². The summed E-state index contributed by atoms with van der Waals surface area (Å²) >= 11 is 6.53. The number of esters is 1. The highest BCUT2D eigenvalue weighted by atomic mass is 35.5. The number of hydrogen-bond donors (Lipinski definition) is 2. The number of fused-ring (bicyclic) bond motifs is 1. The molecule has 0 spiro atoms. The maximum Gasteiger partial charge on any atom is 0.416 e. The van der Waals surface area contributed by atoms with Gasteiger partial charge in [0.05, 0.1) is 30.6 Å². The standard InChI is InChI=1S/C34H27ClF3N3O5/c1-3-44-23-13-14-27-25(18-23)30(24-10-5-6-11-26(24)35)31(40-27)32(42)41-39-19-20-12-15-28(29(16-20)45-4-2)46-33(43)21-8-7-9-22(17-21)34(36,37)38/h5-19,40H,3-4H2,1-2H3,(H,41,42). The van der Waals surface area contributed by atoms with Crippen molar-refractivity contribution in [3.05, 3.63) is 112 Å². The summed E-state index contributed by atoms with van der Waals surface area (Å²) in [6, 6.07) is 21.0. The van der Waals surface area contributed by atoms with E-state index in [0.717, 1.165) is 17.5 Å².